The lowest BCUT2D eigenvalue weighted by Gasteiger charge is -2.27. The van der Waals surface area contributed by atoms with Gasteiger partial charge in [0, 0.05) is 6.54 Å². The third-order valence-electron chi connectivity index (χ3n) is 5.87. The number of anilines is 1. The van der Waals surface area contributed by atoms with Crippen LogP contribution >= 0.6 is 0 Å². The number of aromatic nitrogens is 2. The molecule has 2 atom stereocenters. The largest absolute Gasteiger partial charge is 0.481 e. The molecule has 2 N–H and O–H groups in total. The molecular formula is C18H25N3O4. The van der Waals surface area contributed by atoms with Crippen molar-refractivity contribution in [2.75, 3.05) is 18.5 Å². The Balaban J connectivity index is 1.36. The van der Waals surface area contributed by atoms with Crippen LogP contribution in [0.5, 0.6) is 5.88 Å². The van der Waals surface area contributed by atoms with Gasteiger partial charge in [-0.2, -0.15) is 4.98 Å². The highest BCUT2D eigenvalue weighted by atomic mass is 16.5. The van der Waals surface area contributed by atoms with Crippen LogP contribution < -0.4 is 10.1 Å². The molecule has 4 rings (SSSR count). The maximum atomic E-state index is 11.5. The van der Waals surface area contributed by atoms with E-state index in [0.29, 0.717) is 37.7 Å². The Morgan fingerprint density at radius 1 is 1.32 bits per heavy atom. The Hall–Kier alpha value is -1.89. The third kappa shape index (κ3) is 3.29. The monoisotopic (exact) mass is 347 g/mol. The number of nitrogens with zero attached hydrogens (tertiary/aromatic N) is 2. The Morgan fingerprint density at radius 3 is 2.84 bits per heavy atom. The van der Waals surface area contributed by atoms with E-state index in [1.54, 1.807) is 12.4 Å². The summed E-state index contributed by atoms with van der Waals surface area (Å²) in [4.78, 5) is 20.2. The molecule has 3 aliphatic rings. The number of nitrogens with one attached hydrogen (secondary N) is 1. The van der Waals surface area contributed by atoms with Crippen LogP contribution in [0.2, 0.25) is 0 Å². The van der Waals surface area contributed by atoms with Crippen molar-refractivity contribution >= 4 is 11.8 Å². The average molecular weight is 347 g/mol. The highest BCUT2D eigenvalue weighted by Gasteiger charge is 2.59. The molecule has 0 radical (unpaired) electrons. The first-order chi connectivity index (χ1) is 12.1. The topological polar surface area (TPSA) is 93.6 Å². The molecule has 2 saturated carbocycles. The second-order valence-corrected chi connectivity index (χ2v) is 7.71. The Kier molecular flexibility index (Phi) is 4.27. The van der Waals surface area contributed by atoms with Crippen molar-refractivity contribution in [2.45, 2.75) is 63.1 Å². The van der Waals surface area contributed by atoms with Crippen molar-refractivity contribution in [3.8, 4) is 5.88 Å². The van der Waals surface area contributed by atoms with E-state index in [4.69, 9.17) is 9.47 Å². The molecule has 2 unspecified atom stereocenters. The van der Waals surface area contributed by atoms with E-state index in [0.717, 1.165) is 19.3 Å². The normalized spacial score (nSPS) is 31.8. The summed E-state index contributed by atoms with van der Waals surface area (Å²) in [5, 5.41) is 12.7. The molecule has 7 heteroatoms. The van der Waals surface area contributed by atoms with Crippen LogP contribution in [0.3, 0.4) is 0 Å². The fourth-order valence-electron chi connectivity index (χ4n) is 4.34. The summed E-state index contributed by atoms with van der Waals surface area (Å²) in [6.07, 6.45) is 11.4. The van der Waals surface area contributed by atoms with E-state index >= 15 is 0 Å². The molecule has 2 bridgehead atoms. The number of fused-ring (bicyclic) bond motifs is 2. The molecule has 1 aromatic heterocycles. The number of carbonyl (C=O) groups is 1. The number of carboxylic acid groups (broad SMARTS) is 1. The van der Waals surface area contributed by atoms with Gasteiger partial charge in [-0.25, -0.2) is 0 Å². The SMILES string of the molecule is O=C(O)C12CCC(CNc3cncc(OC4CCCCC4)n3)(C1)OC2. The van der Waals surface area contributed by atoms with Gasteiger partial charge in [-0.05, 0) is 44.9 Å². The predicted molar refractivity (Wildman–Crippen MR) is 90.6 cm³/mol. The quantitative estimate of drug-likeness (QED) is 0.817. The molecule has 1 aromatic rings. The molecule has 0 amide bonds. The fourth-order valence-corrected chi connectivity index (χ4v) is 4.34. The summed E-state index contributed by atoms with van der Waals surface area (Å²) in [6, 6.07) is 0. The smallest absolute Gasteiger partial charge is 0.312 e. The first kappa shape index (κ1) is 16.6. The molecule has 2 heterocycles. The zero-order valence-electron chi connectivity index (χ0n) is 14.4. The molecule has 0 aromatic carbocycles. The van der Waals surface area contributed by atoms with Gasteiger partial charge in [-0.1, -0.05) is 6.42 Å². The van der Waals surface area contributed by atoms with Crippen molar-refractivity contribution in [3.05, 3.63) is 12.4 Å². The van der Waals surface area contributed by atoms with Crippen LogP contribution in [0.15, 0.2) is 12.4 Å². The molecular weight excluding hydrogens is 322 g/mol. The highest BCUT2D eigenvalue weighted by molar-refractivity contribution is 5.76. The molecule has 1 aliphatic heterocycles. The number of aliphatic carboxylic acids is 1. The van der Waals surface area contributed by atoms with Crippen molar-refractivity contribution in [3.63, 3.8) is 0 Å². The fraction of sp³-hybridized carbons (Fsp3) is 0.722. The number of rotatable bonds is 6. The van der Waals surface area contributed by atoms with E-state index in [2.05, 4.69) is 15.3 Å². The van der Waals surface area contributed by atoms with Crippen LogP contribution in [0, 0.1) is 5.41 Å². The van der Waals surface area contributed by atoms with Crippen LogP contribution in [0.4, 0.5) is 5.82 Å². The molecule has 2 aliphatic carbocycles. The van der Waals surface area contributed by atoms with E-state index < -0.39 is 17.0 Å². The Bertz CT molecular complexity index is 637. The third-order valence-corrected chi connectivity index (χ3v) is 5.87. The molecule has 136 valence electrons. The lowest BCUT2D eigenvalue weighted by molar-refractivity contribution is -0.150. The Morgan fingerprint density at radius 2 is 2.16 bits per heavy atom. The van der Waals surface area contributed by atoms with Gasteiger partial charge in [-0.3, -0.25) is 9.78 Å². The van der Waals surface area contributed by atoms with Gasteiger partial charge < -0.3 is 19.9 Å². The number of hydrogen-bond donors (Lipinski definition) is 2. The first-order valence-corrected chi connectivity index (χ1v) is 9.19. The summed E-state index contributed by atoms with van der Waals surface area (Å²) in [6.45, 7) is 0.851. The van der Waals surface area contributed by atoms with Gasteiger partial charge in [0.2, 0.25) is 5.88 Å². The van der Waals surface area contributed by atoms with Crippen LogP contribution in [-0.4, -0.2) is 45.9 Å². The summed E-state index contributed by atoms with van der Waals surface area (Å²) < 4.78 is 11.8. The van der Waals surface area contributed by atoms with Gasteiger partial charge in [-0.15, -0.1) is 0 Å². The number of ether oxygens (including phenoxy) is 2. The summed E-state index contributed by atoms with van der Waals surface area (Å²) in [5.41, 5.74) is -1.10. The molecule has 0 spiro atoms. The summed E-state index contributed by atoms with van der Waals surface area (Å²) >= 11 is 0. The van der Waals surface area contributed by atoms with Crippen molar-refractivity contribution in [1.82, 2.24) is 9.97 Å². The van der Waals surface area contributed by atoms with Crippen molar-refractivity contribution in [1.29, 1.82) is 0 Å². The van der Waals surface area contributed by atoms with Crippen molar-refractivity contribution in [2.24, 2.45) is 5.41 Å². The number of carboxylic acids is 1. The minimum Gasteiger partial charge on any atom is -0.481 e. The summed E-state index contributed by atoms with van der Waals surface area (Å²) in [5.74, 6) is 0.452. The first-order valence-electron chi connectivity index (χ1n) is 9.19. The lowest BCUT2D eigenvalue weighted by atomic mass is 9.88. The van der Waals surface area contributed by atoms with Crippen LogP contribution in [0.25, 0.3) is 0 Å². The highest BCUT2D eigenvalue weighted by Crippen LogP contribution is 2.53. The van der Waals surface area contributed by atoms with E-state index in [1.165, 1.54) is 19.3 Å². The molecule has 3 fully saturated rings. The van der Waals surface area contributed by atoms with Gasteiger partial charge in [0.15, 0.2) is 0 Å². The predicted octanol–water partition coefficient (Wildman–Crippen LogP) is 2.62. The van der Waals surface area contributed by atoms with E-state index in [9.17, 15) is 9.90 Å². The maximum absolute atomic E-state index is 11.5. The standard InChI is InChI=1S/C18H25N3O4/c22-16(23)17-6-7-18(10-17,24-12-17)11-20-14-8-19-9-15(21-14)25-13-4-2-1-3-5-13/h8-9,13H,1-7,10-12H2,(H,20,21)(H,22,23). The molecule has 7 nitrogen and oxygen atoms in total. The van der Waals surface area contributed by atoms with Crippen molar-refractivity contribution < 1.29 is 19.4 Å². The van der Waals surface area contributed by atoms with E-state index in [1.807, 2.05) is 0 Å². The van der Waals surface area contributed by atoms with E-state index in [-0.39, 0.29) is 6.10 Å². The van der Waals surface area contributed by atoms with Crippen LogP contribution in [0.1, 0.15) is 51.4 Å². The minimum atomic E-state index is -0.741. The Labute approximate surface area is 147 Å². The van der Waals surface area contributed by atoms with Gasteiger partial charge in [0.1, 0.15) is 11.9 Å². The lowest BCUT2D eigenvalue weighted by Crippen LogP contribution is -2.35. The van der Waals surface area contributed by atoms with Gasteiger partial charge in [0.25, 0.3) is 0 Å². The van der Waals surface area contributed by atoms with Gasteiger partial charge in [0.05, 0.1) is 30.0 Å². The molecule has 25 heavy (non-hydrogen) atoms. The maximum Gasteiger partial charge on any atom is 0.312 e. The second kappa shape index (κ2) is 6.44. The molecule has 1 saturated heterocycles. The summed E-state index contributed by atoms with van der Waals surface area (Å²) in [7, 11) is 0. The second-order valence-electron chi connectivity index (χ2n) is 7.71. The zero-order chi connectivity index (χ0) is 17.3. The zero-order valence-corrected chi connectivity index (χ0v) is 14.4. The van der Waals surface area contributed by atoms with Gasteiger partial charge >= 0.3 is 5.97 Å². The average Bonchev–Trinajstić information content (AvgIpc) is 3.20. The minimum absolute atomic E-state index is 0.237. The number of hydrogen-bond acceptors (Lipinski definition) is 6. The van der Waals surface area contributed by atoms with Crippen LogP contribution in [-0.2, 0) is 9.53 Å².